The number of halogens is 2. The molecule has 0 atom stereocenters. The number of methoxy groups -OCH3 is 2. The van der Waals surface area contributed by atoms with E-state index in [0.29, 0.717) is 11.5 Å². The van der Waals surface area contributed by atoms with Gasteiger partial charge in [0.25, 0.3) is 0 Å². The number of ether oxygens (including phenoxy) is 3. The van der Waals surface area contributed by atoms with Crippen molar-refractivity contribution < 1.29 is 23.0 Å². The van der Waals surface area contributed by atoms with Crippen LogP contribution in [0.1, 0.15) is 0 Å². The van der Waals surface area contributed by atoms with Gasteiger partial charge in [-0.2, -0.15) is 4.39 Å². The first-order valence-electron chi connectivity index (χ1n) is 5.70. The summed E-state index contributed by atoms with van der Waals surface area (Å²) < 4.78 is 42.1. The SMILES string of the molecule is COc1cc(N)c(Oc2cccc(F)c2F)cc1OC. The molecule has 4 nitrogen and oxygen atoms in total. The van der Waals surface area contributed by atoms with Crippen LogP contribution in [0.4, 0.5) is 14.5 Å². The third-order valence-corrected chi connectivity index (χ3v) is 2.65. The highest BCUT2D eigenvalue weighted by molar-refractivity contribution is 5.62. The van der Waals surface area contributed by atoms with Crippen LogP contribution in [0.15, 0.2) is 30.3 Å². The monoisotopic (exact) mass is 281 g/mol. The predicted octanol–water partition coefficient (Wildman–Crippen LogP) is 3.36. The van der Waals surface area contributed by atoms with Crippen LogP contribution in [0.5, 0.6) is 23.0 Å². The maximum Gasteiger partial charge on any atom is 0.201 e. The van der Waals surface area contributed by atoms with E-state index in [1.54, 1.807) is 0 Å². The highest BCUT2D eigenvalue weighted by Crippen LogP contribution is 2.38. The third-order valence-electron chi connectivity index (χ3n) is 2.65. The Hall–Kier alpha value is -2.50. The summed E-state index contributed by atoms with van der Waals surface area (Å²) in [6.07, 6.45) is 0. The predicted molar refractivity (Wildman–Crippen MR) is 70.4 cm³/mol. The van der Waals surface area contributed by atoms with Crippen LogP contribution < -0.4 is 19.9 Å². The Balaban J connectivity index is 2.41. The molecule has 106 valence electrons. The van der Waals surface area contributed by atoms with E-state index in [-0.39, 0.29) is 17.2 Å². The maximum absolute atomic E-state index is 13.6. The minimum atomic E-state index is -1.08. The Labute approximate surface area is 114 Å². The highest BCUT2D eigenvalue weighted by atomic mass is 19.2. The van der Waals surface area contributed by atoms with Gasteiger partial charge in [0, 0.05) is 12.1 Å². The molecule has 2 aromatic rings. The van der Waals surface area contributed by atoms with Gasteiger partial charge in [0.15, 0.2) is 28.8 Å². The van der Waals surface area contributed by atoms with Gasteiger partial charge in [-0.15, -0.1) is 0 Å². The van der Waals surface area contributed by atoms with E-state index in [1.165, 1.54) is 38.5 Å². The lowest BCUT2D eigenvalue weighted by atomic mass is 10.2. The molecule has 0 amide bonds. The summed E-state index contributed by atoms with van der Waals surface area (Å²) in [5.74, 6) is -1.41. The Kier molecular flexibility index (Phi) is 3.93. The molecule has 2 N–H and O–H groups in total. The average molecular weight is 281 g/mol. The molecular weight excluding hydrogens is 268 g/mol. The Morgan fingerprint density at radius 1 is 0.900 bits per heavy atom. The molecule has 0 aliphatic rings. The summed E-state index contributed by atoms with van der Waals surface area (Å²) in [4.78, 5) is 0. The second-order valence-corrected chi connectivity index (χ2v) is 3.90. The minimum absolute atomic E-state index is 0.146. The van der Waals surface area contributed by atoms with Crippen molar-refractivity contribution in [2.45, 2.75) is 0 Å². The van der Waals surface area contributed by atoms with E-state index in [1.807, 2.05) is 0 Å². The van der Waals surface area contributed by atoms with Gasteiger partial charge < -0.3 is 19.9 Å². The first kappa shape index (κ1) is 13.9. The van der Waals surface area contributed by atoms with Crippen LogP contribution in [0.2, 0.25) is 0 Å². The van der Waals surface area contributed by atoms with Crippen LogP contribution in [0, 0.1) is 11.6 Å². The van der Waals surface area contributed by atoms with Crippen LogP contribution in [-0.2, 0) is 0 Å². The lowest BCUT2D eigenvalue weighted by molar-refractivity contribution is 0.351. The number of nitrogen functional groups attached to an aromatic ring is 1. The van der Waals surface area contributed by atoms with Gasteiger partial charge in [-0.05, 0) is 12.1 Å². The van der Waals surface area contributed by atoms with E-state index in [2.05, 4.69) is 0 Å². The zero-order valence-corrected chi connectivity index (χ0v) is 10.9. The van der Waals surface area contributed by atoms with E-state index in [0.717, 1.165) is 6.07 Å². The highest BCUT2D eigenvalue weighted by Gasteiger charge is 2.14. The molecular formula is C14H13F2NO3. The molecule has 0 radical (unpaired) electrons. The van der Waals surface area contributed by atoms with Gasteiger partial charge in [0.05, 0.1) is 19.9 Å². The van der Waals surface area contributed by atoms with Crippen molar-refractivity contribution in [3.05, 3.63) is 42.0 Å². The molecule has 2 rings (SSSR count). The van der Waals surface area contributed by atoms with Gasteiger partial charge >= 0.3 is 0 Å². The van der Waals surface area contributed by atoms with Crippen LogP contribution in [0.3, 0.4) is 0 Å². The molecule has 0 saturated heterocycles. The molecule has 0 bridgehead atoms. The molecule has 6 heteroatoms. The second kappa shape index (κ2) is 5.64. The fourth-order valence-electron chi connectivity index (χ4n) is 1.65. The van der Waals surface area contributed by atoms with Crippen molar-refractivity contribution in [3.63, 3.8) is 0 Å². The summed E-state index contributed by atoms with van der Waals surface area (Å²) in [5.41, 5.74) is 5.99. The summed E-state index contributed by atoms with van der Waals surface area (Å²) in [6, 6.07) is 6.56. The summed E-state index contributed by atoms with van der Waals surface area (Å²) >= 11 is 0. The Bertz CT molecular complexity index is 632. The quantitative estimate of drug-likeness (QED) is 0.873. The lowest BCUT2D eigenvalue weighted by Gasteiger charge is -2.13. The van der Waals surface area contributed by atoms with E-state index in [9.17, 15) is 8.78 Å². The summed E-state index contributed by atoms with van der Waals surface area (Å²) in [6.45, 7) is 0. The molecule has 0 aliphatic heterocycles. The number of benzene rings is 2. The van der Waals surface area contributed by atoms with Crippen molar-refractivity contribution in [1.82, 2.24) is 0 Å². The van der Waals surface area contributed by atoms with Crippen LogP contribution in [0.25, 0.3) is 0 Å². The molecule has 0 fully saturated rings. The number of anilines is 1. The fourth-order valence-corrected chi connectivity index (χ4v) is 1.65. The van der Waals surface area contributed by atoms with Gasteiger partial charge in [0.2, 0.25) is 5.82 Å². The van der Waals surface area contributed by atoms with E-state index < -0.39 is 11.6 Å². The number of rotatable bonds is 4. The number of hydrogen-bond acceptors (Lipinski definition) is 4. The largest absolute Gasteiger partial charge is 0.493 e. The summed E-state index contributed by atoms with van der Waals surface area (Å²) in [7, 11) is 2.91. The first-order chi connectivity index (χ1) is 9.56. The molecule has 0 spiro atoms. The lowest BCUT2D eigenvalue weighted by Crippen LogP contribution is -1.98. The van der Waals surface area contributed by atoms with Gasteiger partial charge in [0.1, 0.15) is 0 Å². The Morgan fingerprint density at radius 3 is 2.20 bits per heavy atom. The maximum atomic E-state index is 13.6. The van der Waals surface area contributed by atoms with Crippen LogP contribution >= 0.6 is 0 Å². The van der Waals surface area contributed by atoms with Crippen molar-refractivity contribution in [3.8, 4) is 23.0 Å². The molecule has 0 heterocycles. The smallest absolute Gasteiger partial charge is 0.201 e. The molecule has 2 aromatic carbocycles. The van der Waals surface area contributed by atoms with Crippen molar-refractivity contribution >= 4 is 5.69 Å². The number of nitrogens with two attached hydrogens (primary N) is 1. The Morgan fingerprint density at radius 2 is 1.55 bits per heavy atom. The van der Waals surface area contributed by atoms with Gasteiger partial charge in [-0.3, -0.25) is 0 Å². The van der Waals surface area contributed by atoms with Crippen molar-refractivity contribution in [2.75, 3.05) is 20.0 Å². The third kappa shape index (κ3) is 2.59. The van der Waals surface area contributed by atoms with E-state index in [4.69, 9.17) is 19.9 Å². The molecule has 0 unspecified atom stereocenters. The molecule has 0 saturated carbocycles. The number of hydrogen-bond donors (Lipinski definition) is 1. The van der Waals surface area contributed by atoms with E-state index >= 15 is 0 Å². The standard InChI is InChI=1S/C14H13F2NO3/c1-18-12-6-9(17)11(7-13(12)19-2)20-10-5-3-4-8(15)14(10)16/h3-7H,17H2,1-2H3. The molecule has 20 heavy (non-hydrogen) atoms. The average Bonchev–Trinajstić information content (AvgIpc) is 2.45. The van der Waals surface area contributed by atoms with Crippen molar-refractivity contribution in [1.29, 1.82) is 0 Å². The second-order valence-electron chi connectivity index (χ2n) is 3.90. The fraction of sp³-hybridized carbons (Fsp3) is 0.143. The molecule has 0 aromatic heterocycles. The van der Waals surface area contributed by atoms with Gasteiger partial charge in [-0.1, -0.05) is 6.07 Å². The minimum Gasteiger partial charge on any atom is -0.493 e. The zero-order valence-electron chi connectivity index (χ0n) is 10.9. The van der Waals surface area contributed by atoms with Gasteiger partial charge in [-0.25, -0.2) is 4.39 Å². The topological polar surface area (TPSA) is 53.7 Å². The summed E-state index contributed by atoms with van der Waals surface area (Å²) in [5, 5.41) is 0. The van der Waals surface area contributed by atoms with Crippen LogP contribution in [-0.4, -0.2) is 14.2 Å². The zero-order chi connectivity index (χ0) is 14.7. The van der Waals surface area contributed by atoms with Crippen molar-refractivity contribution in [2.24, 2.45) is 0 Å². The first-order valence-corrected chi connectivity index (χ1v) is 5.70. The molecule has 0 aliphatic carbocycles. The normalized spacial score (nSPS) is 10.2.